The van der Waals surface area contributed by atoms with Crippen LogP contribution in [0.1, 0.15) is 30.6 Å². The van der Waals surface area contributed by atoms with E-state index in [1.165, 1.54) is 0 Å². The summed E-state index contributed by atoms with van der Waals surface area (Å²) in [7, 11) is 0. The molecule has 1 aliphatic heterocycles. The maximum Gasteiger partial charge on any atom is 0.244 e. The number of amides is 1. The molecule has 0 radical (unpaired) electrons. The number of carbonyl (C=O) groups excluding carboxylic acids is 1. The Morgan fingerprint density at radius 1 is 1.23 bits per heavy atom. The molecule has 1 amide bonds. The van der Waals surface area contributed by atoms with Gasteiger partial charge in [-0.2, -0.15) is 10.5 Å². The lowest BCUT2D eigenvalue weighted by Gasteiger charge is -2.38. The monoisotopic (exact) mass is 348 g/mol. The van der Waals surface area contributed by atoms with Crippen molar-refractivity contribution in [1.82, 2.24) is 4.90 Å². The highest BCUT2D eigenvalue weighted by atomic mass is 16.3. The van der Waals surface area contributed by atoms with E-state index in [0.29, 0.717) is 31.6 Å². The standard InChI is InChI=1S/C20H20N4O2/c21-10-3-11-23(15-18-4-2-13-26-18)19-5-1-12-24(20(19)25)17-8-6-16(14-22)7-9-17/h2,4,6-9,13,19H,1,3,5,11-12,15H2/t19-/m1/s1. The molecule has 0 saturated carbocycles. The van der Waals surface area contributed by atoms with Crippen LogP contribution in [0.25, 0.3) is 0 Å². The van der Waals surface area contributed by atoms with E-state index in [-0.39, 0.29) is 11.9 Å². The van der Waals surface area contributed by atoms with E-state index in [0.717, 1.165) is 24.3 Å². The maximum atomic E-state index is 13.1. The maximum absolute atomic E-state index is 13.1. The molecule has 1 aromatic carbocycles. The van der Waals surface area contributed by atoms with Gasteiger partial charge in [0.15, 0.2) is 0 Å². The molecule has 1 aliphatic rings. The van der Waals surface area contributed by atoms with Crippen molar-refractivity contribution in [3.8, 4) is 12.1 Å². The number of carbonyl (C=O) groups is 1. The molecule has 1 aromatic heterocycles. The van der Waals surface area contributed by atoms with Gasteiger partial charge >= 0.3 is 0 Å². The van der Waals surface area contributed by atoms with Crippen LogP contribution < -0.4 is 4.90 Å². The Labute approximate surface area is 152 Å². The quantitative estimate of drug-likeness (QED) is 0.801. The topological polar surface area (TPSA) is 84.3 Å². The molecule has 6 heteroatoms. The van der Waals surface area contributed by atoms with Gasteiger partial charge in [-0.3, -0.25) is 9.69 Å². The van der Waals surface area contributed by atoms with Crippen molar-refractivity contribution in [2.45, 2.75) is 31.8 Å². The molecule has 1 fully saturated rings. The molecule has 0 aliphatic carbocycles. The van der Waals surface area contributed by atoms with Gasteiger partial charge in [0.05, 0.1) is 36.6 Å². The SMILES string of the molecule is N#CCCN(Cc1ccco1)[C@@H]1CCCN(c2ccc(C#N)cc2)C1=O. The molecule has 0 N–H and O–H groups in total. The van der Waals surface area contributed by atoms with Crippen molar-refractivity contribution in [3.63, 3.8) is 0 Å². The number of benzene rings is 1. The number of furan rings is 1. The normalized spacial score (nSPS) is 17.1. The second kappa shape index (κ2) is 8.33. The van der Waals surface area contributed by atoms with Gasteiger partial charge in [-0.1, -0.05) is 0 Å². The first-order valence-corrected chi connectivity index (χ1v) is 8.68. The van der Waals surface area contributed by atoms with Crippen LogP contribution in [-0.2, 0) is 11.3 Å². The second-order valence-electron chi connectivity index (χ2n) is 6.26. The number of anilines is 1. The Balaban J connectivity index is 1.79. The summed E-state index contributed by atoms with van der Waals surface area (Å²) >= 11 is 0. The minimum atomic E-state index is -0.280. The minimum absolute atomic E-state index is 0.0328. The fourth-order valence-electron chi connectivity index (χ4n) is 3.31. The van der Waals surface area contributed by atoms with E-state index in [9.17, 15) is 4.79 Å². The van der Waals surface area contributed by atoms with E-state index in [1.54, 1.807) is 23.3 Å². The predicted molar refractivity (Wildman–Crippen MR) is 95.9 cm³/mol. The van der Waals surface area contributed by atoms with Gasteiger partial charge in [0, 0.05) is 25.2 Å². The molecule has 1 saturated heterocycles. The van der Waals surface area contributed by atoms with Gasteiger partial charge in [-0.05, 0) is 49.2 Å². The van der Waals surface area contributed by atoms with Crippen LogP contribution >= 0.6 is 0 Å². The van der Waals surface area contributed by atoms with Gasteiger partial charge in [0.25, 0.3) is 0 Å². The van der Waals surface area contributed by atoms with E-state index < -0.39 is 0 Å². The largest absolute Gasteiger partial charge is 0.468 e. The molecular weight excluding hydrogens is 328 g/mol. The number of nitrogens with zero attached hydrogens (tertiary/aromatic N) is 4. The van der Waals surface area contributed by atoms with Crippen molar-refractivity contribution in [2.24, 2.45) is 0 Å². The van der Waals surface area contributed by atoms with Crippen molar-refractivity contribution in [2.75, 3.05) is 18.0 Å². The number of piperidine rings is 1. The molecule has 2 heterocycles. The summed E-state index contributed by atoms with van der Waals surface area (Å²) in [6, 6.07) is 14.7. The Bertz CT molecular complexity index is 815. The van der Waals surface area contributed by atoms with Gasteiger partial charge in [-0.15, -0.1) is 0 Å². The van der Waals surface area contributed by atoms with E-state index in [1.807, 2.05) is 29.2 Å². The Hall–Kier alpha value is -3.09. The van der Waals surface area contributed by atoms with Gasteiger partial charge in [0.1, 0.15) is 5.76 Å². The Morgan fingerprint density at radius 2 is 2.04 bits per heavy atom. The Kier molecular flexibility index (Phi) is 5.68. The first-order valence-electron chi connectivity index (χ1n) is 8.68. The lowest BCUT2D eigenvalue weighted by Crippen LogP contribution is -2.52. The highest BCUT2D eigenvalue weighted by Crippen LogP contribution is 2.25. The molecule has 0 unspecified atom stereocenters. The van der Waals surface area contributed by atoms with Crippen LogP contribution in [0.15, 0.2) is 47.1 Å². The van der Waals surface area contributed by atoms with Crippen LogP contribution in [0.3, 0.4) is 0 Å². The second-order valence-corrected chi connectivity index (χ2v) is 6.26. The first-order chi connectivity index (χ1) is 12.7. The summed E-state index contributed by atoms with van der Waals surface area (Å²) in [6.45, 7) is 1.69. The predicted octanol–water partition coefficient (Wildman–Crippen LogP) is 3.06. The number of hydrogen-bond donors (Lipinski definition) is 0. The van der Waals surface area contributed by atoms with Crippen molar-refractivity contribution < 1.29 is 9.21 Å². The molecule has 6 nitrogen and oxygen atoms in total. The third-order valence-corrected chi connectivity index (χ3v) is 4.61. The summed E-state index contributed by atoms with van der Waals surface area (Å²) < 4.78 is 5.43. The number of nitriles is 2. The zero-order valence-corrected chi connectivity index (χ0v) is 14.5. The van der Waals surface area contributed by atoms with Crippen molar-refractivity contribution in [3.05, 3.63) is 54.0 Å². The van der Waals surface area contributed by atoms with Gasteiger partial charge in [-0.25, -0.2) is 0 Å². The first kappa shape index (κ1) is 17.7. The summed E-state index contributed by atoms with van der Waals surface area (Å²) in [5, 5.41) is 17.9. The number of hydrogen-bond acceptors (Lipinski definition) is 5. The summed E-state index contributed by atoms with van der Waals surface area (Å²) in [5.74, 6) is 0.816. The average Bonchev–Trinajstić information content (AvgIpc) is 3.19. The smallest absolute Gasteiger partial charge is 0.244 e. The lowest BCUT2D eigenvalue weighted by molar-refractivity contribution is -0.125. The molecule has 3 rings (SSSR count). The van der Waals surface area contributed by atoms with E-state index >= 15 is 0 Å². The summed E-state index contributed by atoms with van der Waals surface area (Å²) in [5.41, 5.74) is 1.38. The molecule has 1 atom stereocenters. The molecule has 0 bridgehead atoms. The molecule has 0 spiro atoms. The van der Waals surface area contributed by atoms with Crippen molar-refractivity contribution >= 4 is 11.6 Å². The molecular formula is C20H20N4O2. The third-order valence-electron chi connectivity index (χ3n) is 4.61. The van der Waals surface area contributed by atoms with E-state index in [4.69, 9.17) is 14.9 Å². The fraction of sp³-hybridized carbons (Fsp3) is 0.350. The fourth-order valence-corrected chi connectivity index (χ4v) is 3.31. The minimum Gasteiger partial charge on any atom is -0.468 e. The highest BCUT2D eigenvalue weighted by Gasteiger charge is 2.34. The summed E-state index contributed by atoms with van der Waals surface area (Å²) in [6.07, 6.45) is 3.63. The zero-order chi connectivity index (χ0) is 18.4. The average molecular weight is 348 g/mol. The molecule has 2 aromatic rings. The zero-order valence-electron chi connectivity index (χ0n) is 14.5. The van der Waals surface area contributed by atoms with Gasteiger partial charge in [0.2, 0.25) is 5.91 Å². The van der Waals surface area contributed by atoms with Crippen LogP contribution in [0, 0.1) is 22.7 Å². The lowest BCUT2D eigenvalue weighted by atomic mass is 10.0. The van der Waals surface area contributed by atoms with Gasteiger partial charge < -0.3 is 9.32 Å². The van der Waals surface area contributed by atoms with Crippen LogP contribution in [0.4, 0.5) is 5.69 Å². The number of rotatable bonds is 6. The van der Waals surface area contributed by atoms with Crippen molar-refractivity contribution in [1.29, 1.82) is 10.5 Å². The van der Waals surface area contributed by atoms with E-state index in [2.05, 4.69) is 12.1 Å². The molecule has 26 heavy (non-hydrogen) atoms. The Morgan fingerprint density at radius 3 is 2.69 bits per heavy atom. The highest BCUT2D eigenvalue weighted by molar-refractivity contribution is 5.98. The van der Waals surface area contributed by atoms with Crippen LogP contribution in [-0.4, -0.2) is 29.9 Å². The van der Waals surface area contributed by atoms with Crippen LogP contribution in [0.5, 0.6) is 0 Å². The third kappa shape index (κ3) is 3.93. The molecule has 132 valence electrons. The summed E-state index contributed by atoms with van der Waals surface area (Å²) in [4.78, 5) is 16.9. The van der Waals surface area contributed by atoms with Crippen LogP contribution in [0.2, 0.25) is 0 Å².